The summed E-state index contributed by atoms with van der Waals surface area (Å²) in [4.78, 5) is 23.1. The van der Waals surface area contributed by atoms with E-state index in [1.165, 1.54) is 6.92 Å². The van der Waals surface area contributed by atoms with E-state index in [1.807, 2.05) is 36.6 Å². The Morgan fingerprint density at radius 1 is 1.26 bits per heavy atom. The molecule has 5 heteroatoms. The molecule has 1 aromatic carbocycles. The molecule has 0 heterocycles. The number of rotatable bonds is 7. The minimum Gasteiger partial charge on any atom is -0.350 e. The highest BCUT2D eigenvalue weighted by Gasteiger charge is 2.18. The third-order valence-electron chi connectivity index (χ3n) is 2.61. The molecule has 0 aromatic heterocycles. The van der Waals surface area contributed by atoms with E-state index in [9.17, 15) is 9.59 Å². The molecule has 4 nitrogen and oxygen atoms in total. The fraction of sp³-hybridized carbons (Fsp3) is 0.429. The van der Waals surface area contributed by atoms with Gasteiger partial charge in [-0.1, -0.05) is 30.3 Å². The number of carbonyl (C=O) groups is 2. The smallest absolute Gasteiger partial charge is 0.242 e. The fourth-order valence-electron chi connectivity index (χ4n) is 1.66. The van der Waals surface area contributed by atoms with Gasteiger partial charge in [-0.25, -0.2) is 0 Å². The van der Waals surface area contributed by atoms with Crippen LogP contribution in [0, 0.1) is 0 Å². The molecule has 0 saturated heterocycles. The summed E-state index contributed by atoms with van der Waals surface area (Å²) >= 11 is 1.66. The van der Waals surface area contributed by atoms with E-state index < -0.39 is 6.04 Å². The Labute approximate surface area is 118 Å². The average Bonchev–Trinajstić information content (AvgIpc) is 2.41. The Hall–Kier alpha value is -1.49. The molecule has 19 heavy (non-hydrogen) atoms. The van der Waals surface area contributed by atoms with Gasteiger partial charge in [0.1, 0.15) is 6.04 Å². The van der Waals surface area contributed by atoms with Crippen molar-refractivity contribution in [1.29, 1.82) is 0 Å². The zero-order chi connectivity index (χ0) is 14.1. The van der Waals surface area contributed by atoms with E-state index in [1.54, 1.807) is 11.8 Å². The lowest BCUT2D eigenvalue weighted by atomic mass is 10.2. The maximum Gasteiger partial charge on any atom is 0.242 e. The lowest BCUT2D eigenvalue weighted by Gasteiger charge is -2.17. The van der Waals surface area contributed by atoms with Gasteiger partial charge in [0.05, 0.1) is 0 Å². The molecule has 0 aliphatic carbocycles. The first-order valence-corrected chi connectivity index (χ1v) is 7.60. The Bertz CT molecular complexity index is 409. The van der Waals surface area contributed by atoms with Crippen LogP contribution in [0.3, 0.4) is 0 Å². The standard InChI is InChI=1S/C14H20N2O2S/c1-11(17)16-13(8-9-19-2)14(18)15-10-12-6-4-3-5-7-12/h3-7,13H,8-10H2,1-2H3,(H,15,18)(H,16,17). The molecule has 2 N–H and O–H groups in total. The van der Waals surface area contributed by atoms with Crippen LogP contribution >= 0.6 is 11.8 Å². The first-order chi connectivity index (χ1) is 9.13. The van der Waals surface area contributed by atoms with E-state index >= 15 is 0 Å². The minimum atomic E-state index is -0.450. The normalized spacial score (nSPS) is 11.7. The van der Waals surface area contributed by atoms with Crippen LogP contribution in [0.2, 0.25) is 0 Å². The monoisotopic (exact) mass is 280 g/mol. The highest BCUT2D eigenvalue weighted by molar-refractivity contribution is 7.98. The second-order valence-electron chi connectivity index (χ2n) is 4.24. The maximum atomic E-state index is 12.0. The van der Waals surface area contributed by atoms with Gasteiger partial charge < -0.3 is 10.6 Å². The molecule has 0 bridgehead atoms. The lowest BCUT2D eigenvalue weighted by Crippen LogP contribution is -2.46. The second kappa shape index (κ2) is 8.58. The fourth-order valence-corrected chi connectivity index (χ4v) is 2.13. The van der Waals surface area contributed by atoms with Crippen LogP contribution < -0.4 is 10.6 Å². The molecule has 0 fully saturated rings. The summed E-state index contributed by atoms with van der Waals surface area (Å²) in [5, 5.41) is 5.54. The molecule has 0 spiro atoms. The molecular weight excluding hydrogens is 260 g/mol. The van der Waals surface area contributed by atoms with Crippen LogP contribution in [-0.2, 0) is 16.1 Å². The molecule has 104 valence electrons. The van der Waals surface area contributed by atoms with Gasteiger partial charge in [-0.3, -0.25) is 9.59 Å². The predicted molar refractivity (Wildman–Crippen MR) is 78.9 cm³/mol. The second-order valence-corrected chi connectivity index (χ2v) is 5.22. The van der Waals surface area contributed by atoms with Gasteiger partial charge in [-0.15, -0.1) is 0 Å². The lowest BCUT2D eigenvalue weighted by molar-refractivity contribution is -0.128. The summed E-state index contributed by atoms with van der Waals surface area (Å²) in [5.74, 6) is 0.526. The van der Waals surface area contributed by atoms with Gasteiger partial charge in [-0.2, -0.15) is 11.8 Å². The molecule has 0 aliphatic rings. The first-order valence-electron chi connectivity index (χ1n) is 6.21. The Morgan fingerprint density at radius 2 is 1.95 bits per heavy atom. The molecular formula is C14H20N2O2S. The largest absolute Gasteiger partial charge is 0.350 e. The van der Waals surface area contributed by atoms with Gasteiger partial charge in [0.2, 0.25) is 11.8 Å². The molecule has 1 unspecified atom stereocenters. The summed E-state index contributed by atoms with van der Waals surface area (Å²) in [6.45, 7) is 1.91. The number of carbonyl (C=O) groups excluding carboxylic acids is 2. The molecule has 0 radical (unpaired) electrons. The van der Waals surface area contributed by atoms with Crippen molar-refractivity contribution in [2.24, 2.45) is 0 Å². The van der Waals surface area contributed by atoms with Crippen molar-refractivity contribution in [3.05, 3.63) is 35.9 Å². The average molecular weight is 280 g/mol. The summed E-state index contributed by atoms with van der Waals surface area (Å²) in [7, 11) is 0. The van der Waals surface area contributed by atoms with Crippen molar-refractivity contribution in [2.75, 3.05) is 12.0 Å². The Balaban J connectivity index is 2.48. The summed E-state index contributed by atoms with van der Waals surface area (Å²) in [5.41, 5.74) is 1.04. The zero-order valence-electron chi connectivity index (χ0n) is 11.3. The van der Waals surface area contributed by atoms with Crippen molar-refractivity contribution in [2.45, 2.75) is 25.9 Å². The SMILES string of the molecule is CSCCC(NC(C)=O)C(=O)NCc1ccccc1. The molecule has 2 amide bonds. The van der Waals surface area contributed by atoms with Gasteiger partial charge >= 0.3 is 0 Å². The number of benzene rings is 1. The quantitative estimate of drug-likeness (QED) is 0.797. The van der Waals surface area contributed by atoms with Gasteiger partial charge in [0.25, 0.3) is 0 Å². The third kappa shape index (κ3) is 6.29. The topological polar surface area (TPSA) is 58.2 Å². The number of thioether (sulfide) groups is 1. The highest BCUT2D eigenvalue weighted by Crippen LogP contribution is 2.02. The summed E-state index contributed by atoms with van der Waals surface area (Å²) < 4.78 is 0. The number of hydrogen-bond donors (Lipinski definition) is 2. The first kappa shape index (κ1) is 15.6. The molecule has 1 atom stereocenters. The van der Waals surface area contributed by atoms with Crippen molar-refractivity contribution in [1.82, 2.24) is 10.6 Å². The predicted octanol–water partition coefficient (Wildman–Crippen LogP) is 1.56. The summed E-state index contributed by atoms with van der Waals surface area (Å²) in [6.07, 6.45) is 2.62. The van der Waals surface area contributed by atoms with Crippen LogP contribution in [0.25, 0.3) is 0 Å². The third-order valence-corrected chi connectivity index (χ3v) is 3.26. The number of hydrogen-bond acceptors (Lipinski definition) is 3. The van der Waals surface area contributed by atoms with Crippen LogP contribution in [0.15, 0.2) is 30.3 Å². The maximum absolute atomic E-state index is 12.0. The van der Waals surface area contributed by atoms with Crippen molar-refractivity contribution < 1.29 is 9.59 Å². The van der Waals surface area contributed by atoms with Crippen LogP contribution in [0.5, 0.6) is 0 Å². The van der Waals surface area contributed by atoms with Crippen molar-refractivity contribution in [3.8, 4) is 0 Å². The van der Waals surface area contributed by atoms with Crippen LogP contribution in [0.1, 0.15) is 18.9 Å². The van der Waals surface area contributed by atoms with Gasteiger partial charge in [-0.05, 0) is 24.0 Å². The molecule has 1 rings (SSSR count). The van der Waals surface area contributed by atoms with Crippen molar-refractivity contribution >= 4 is 23.6 Å². The van der Waals surface area contributed by atoms with Gasteiger partial charge in [0.15, 0.2) is 0 Å². The molecule has 0 saturated carbocycles. The zero-order valence-corrected chi connectivity index (χ0v) is 12.1. The minimum absolute atomic E-state index is 0.131. The highest BCUT2D eigenvalue weighted by atomic mass is 32.2. The van der Waals surface area contributed by atoms with Crippen LogP contribution in [-0.4, -0.2) is 29.9 Å². The van der Waals surface area contributed by atoms with E-state index in [-0.39, 0.29) is 11.8 Å². The van der Waals surface area contributed by atoms with Crippen LogP contribution in [0.4, 0.5) is 0 Å². The Kier molecular flexibility index (Phi) is 7.03. The number of amides is 2. The van der Waals surface area contributed by atoms with E-state index in [0.717, 1.165) is 11.3 Å². The number of nitrogens with one attached hydrogen (secondary N) is 2. The van der Waals surface area contributed by atoms with E-state index in [4.69, 9.17) is 0 Å². The molecule has 1 aromatic rings. The summed E-state index contributed by atoms with van der Waals surface area (Å²) in [6, 6.07) is 9.25. The Morgan fingerprint density at radius 3 is 2.53 bits per heavy atom. The van der Waals surface area contributed by atoms with E-state index in [0.29, 0.717) is 13.0 Å². The van der Waals surface area contributed by atoms with Crippen molar-refractivity contribution in [3.63, 3.8) is 0 Å². The van der Waals surface area contributed by atoms with Gasteiger partial charge in [0, 0.05) is 13.5 Å². The molecule has 0 aliphatic heterocycles. The van der Waals surface area contributed by atoms with E-state index in [2.05, 4.69) is 10.6 Å².